The van der Waals surface area contributed by atoms with Crippen LogP contribution in [-0.2, 0) is 0 Å². The normalized spacial score (nSPS) is 11.3. The molecule has 2 nitrogen and oxygen atoms in total. The van der Waals surface area contributed by atoms with Crippen LogP contribution in [0.15, 0.2) is 217 Å². The first-order valence-corrected chi connectivity index (χ1v) is 18.4. The molecule has 0 radical (unpaired) electrons. The highest BCUT2D eigenvalue weighted by atomic mass is 16.3. The van der Waals surface area contributed by atoms with Crippen molar-refractivity contribution in [2.24, 2.45) is 0 Å². The van der Waals surface area contributed by atoms with E-state index < -0.39 is 0 Å². The number of fused-ring (bicyclic) bond motifs is 5. The Hall–Kier alpha value is -7.16. The van der Waals surface area contributed by atoms with Crippen molar-refractivity contribution in [3.63, 3.8) is 0 Å². The Balaban J connectivity index is 1.07. The van der Waals surface area contributed by atoms with Crippen molar-refractivity contribution in [3.05, 3.63) is 212 Å². The van der Waals surface area contributed by atoms with E-state index in [1.807, 2.05) is 0 Å². The van der Waals surface area contributed by atoms with Gasteiger partial charge in [0, 0.05) is 33.9 Å². The lowest BCUT2D eigenvalue weighted by Gasteiger charge is -2.26. The molecule has 10 rings (SSSR count). The molecular formula is C52H35NO. The van der Waals surface area contributed by atoms with Crippen LogP contribution in [0, 0.1) is 0 Å². The van der Waals surface area contributed by atoms with Crippen molar-refractivity contribution >= 4 is 49.8 Å². The second-order valence-electron chi connectivity index (χ2n) is 13.7. The molecule has 9 aromatic carbocycles. The van der Waals surface area contributed by atoms with E-state index in [0.29, 0.717) is 0 Å². The molecule has 254 valence electrons. The molecule has 0 saturated heterocycles. The van der Waals surface area contributed by atoms with Gasteiger partial charge < -0.3 is 9.32 Å². The van der Waals surface area contributed by atoms with Crippen molar-refractivity contribution in [1.82, 2.24) is 0 Å². The summed E-state index contributed by atoms with van der Waals surface area (Å²) >= 11 is 0. The molecule has 0 N–H and O–H groups in total. The Kier molecular flexibility index (Phi) is 7.85. The predicted molar refractivity (Wildman–Crippen MR) is 228 cm³/mol. The van der Waals surface area contributed by atoms with Gasteiger partial charge in [-0.3, -0.25) is 0 Å². The lowest BCUT2D eigenvalue weighted by atomic mass is 9.95. The van der Waals surface area contributed by atoms with Gasteiger partial charge in [-0.15, -0.1) is 0 Å². The number of anilines is 3. The fourth-order valence-electron chi connectivity index (χ4n) is 7.79. The summed E-state index contributed by atoms with van der Waals surface area (Å²) < 4.78 is 6.75. The van der Waals surface area contributed by atoms with Crippen LogP contribution >= 0.6 is 0 Å². The molecule has 0 aliphatic rings. The van der Waals surface area contributed by atoms with Crippen LogP contribution in [0.25, 0.3) is 77.2 Å². The zero-order valence-corrected chi connectivity index (χ0v) is 29.6. The first kappa shape index (κ1) is 31.6. The standard InChI is InChI=1S/C52H35NO/c1-4-12-36(13-5-1)38-20-22-39(23-21-38)41-26-30-44(31-27-41)53(43-28-24-40(25-29-43)37-14-6-2-7-15-37)45-32-33-48-50(34-45)54-51-35-49(42-16-8-3-9-17-42)46-18-10-11-19-47(46)52(48)51/h1-35H. The molecule has 54 heavy (non-hydrogen) atoms. The quantitative estimate of drug-likeness (QED) is 0.166. The van der Waals surface area contributed by atoms with E-state index in [1.54, 1.807) is 0 Å². The molecule has 10 aromatic rings. The van der Waals surface area contributed by atoms with Crippen molar-refractivity contribution in [3.8, 4) is 44.5 Å². The lowest BCUT2D eigenvalue weighted by molar-refractivity contribution is 0.669. The number of furan rings is 1. The first-order chi connectivity index (χ1) is 26.8. The summed E-state index contributed by atoms with van der Waals surface area (Å²) in [6.45, 7) is 0. The van der Waals surface area contributed by atoms with Gasteiger partial charge in [-0.2, -0.15) is 0 Å². The van der Waals surface area contributed by atoms with Gasteiger partial charge in [0.15, 0.2) is 0 Å². The lowest BCUT2D eigenvalue weighted by Crippen LogP contribution is -2.09. The summed E-state index contributed by atoms with van der Waals surface area (Å²) in [5.41, 5.74) is 14.4. The van der Waals surface area contributed by atoms with E-state index in [9.17, 15) is 0 Å². The second-order valence-corrected chi connectivity index (χ2v) is 13.7. The van der Waals surface area contributed by atoms with Gasteiger partial charge >= 0.3 is 0 Å². The van der Waals surface area contributed by atoms with Gasteiger partial charge in [-0.25, -0.2) is 0 Å². The minimum Gasteiger partial charge on any atom is -0.456 e. The van der Waals surface area contributed by atoms with Crippen molar-refractivity contribution in [2.75, 3.05) is 4.90 Å². The van der Waals surface area contributed by atoms with E-state index in [0.717, 1.165) is 39.0 Å². The van der Waals surface area contributed by atoms with Crippen LogP contribution in [0.5, 0.6) is 0 Å². The van der Waals surface area contributed by atoms with Gasteiger partial charge in [0.2, 0.25) is 0 Å². The molecule has 0 saturated carbocycles. The van der Waals surface area contributed by atoms with Gasteiger partial charge in [-0.1, -0.05) is 164 Å². The second kappa shape index (κ2) is 13.4. The third-order valence-electron chi connectivity index (χ3n) is 10.5. The molecule has 0 atom stereocenters. The zero-order chi connectivity index (χ0) is 35.8. The minimum atomic E-state index is 0.860. The molecule has 2 heteroatoms. The number of benzene rings is 9. The molecule has 0 spiro atoms. The van der Waals surface area contributed by atoms with E-state index in [4.69, 9.17) is 4.42 Å². The summed E-state index contributed by atoms with van der Waals surface area (Å²) in [4.78, 5) is 2.32. The molecule has 0 unspecified atom stereocenters. The van der Waals surface area contributed by atoms with Crippen molar-refractivity contribution in [1.29, 1.82) is 0 Å². The Labute approximate surface area is 314 Å². The average Bonchev–Trinajstić information content (AvgIpc) is 3.63. The molecule has 1 aromatic heterocycles. The summed E-state index contributed by atoms with van der Waals surface area (Å²) in [7, 11) is 0. The number of hydrogen-bond acceptors (Lipinski definition) is 2. The molecule has 0 bridgehead atoms. The van der Waals surface area contributed by atoms with Crippen molar-refractivity contribution in [2.45, 2.75) is 0 Å². The third kappa shape index (κ3) is 5.71. The Bertz CT molecular complexity index is 2880. The Morgan fingerprint density at radius 3 is 1.20 bits per heavy atom. The number of rotatable bonds is 7. The van der Waals surface area contributed by atoms with E-state index in [-0.39, 0.29) is 0 Å². The van der Waals surface area contributed by atoms with Gasteiger partial charge in [0.1, 0.15) is 11.2 Å². The van der Waals surface area contributed by atoms with Gasteiger partial charge in [0.25, 0.3) is 0 Å². The van der Waals surface area contributed by atoms with Gasteiger partial charge in [-0.05, 0) is 97.7 Å². The Morgan fingerprint density at radius 1 is 0.278 bits per heavy atom. The summed E-state index contributed by atoms with van der Waals surface area (Å²) in [6, 6.07) is 75.6. The summed E-state index contributed by atoms with van der Waals surface area (Å²) in [6.07, 6.45) is 0. The fourth-order valence-corrected chi connectivity index (χ4v) is 7.79. The van der Waals surface area contributed by atoms with Crippen LogP contribution in [-0.4, -0.2) is 0 Å². The zero-order valence-electron chi connectivity index (χ0n) is 29.6. The fraction of sp³-hybridized carbons (Fsp3) is 0. The largest absolute Gasteiger partial charge is 0.456 e. The van der Waals surface area contributed by atoms with E-state index in [2.05, 4.69) is 217 Å². The molecule has 0 amide bonds. The maximum Gasteiger partial charge on any atom is 0.137 e. The van der Waals surface area contributed by atoms with Crippen LogP contribution < -0.4 is 4.90 Å². The van der Waals surface area contributed by atoms with E-state index >= 15 is 0 Å². The maximum atomic E-state index is 6.75. The van der Waals surface area contributed by atoms with Crippen LogP contribution in [0.4, 0.5) is 17.1 Å². The number of hydrogen-bond donors (Lipinski definition) is 0. The van der Waals surface area contributed by atoms with E-state index in [1.165, 1.54) is 55.3 Å². The third-order valence-corrected chi connectivity index (χ3v) is 10.5. The van der Waals surface area contributed by atoms with Crippen molar-refractivity contribution < 1.29 is 4.42 Å². The highest BCUT2D eigenvalue weighted by molar-refractivity contribution is 6.22. The maximum absolute atomic E-state index is 6.75. The molecule has 0 aliphatic heterocycles. The smallest absolute Gasteiger partial charge is 0.137 e. The highest BCUT2D eigenvalue weighted by Crippen LogP contribution is 2.43. The molecular weight excluding hydrogens is 655 g/mol. The number of nitrogens with zero attached hydrogens (tertiary/aromatic N) is 1. The average molecular weight is 690 g/mol. The van der Waals surface area contributed by atoms with Crippen LogP contribution in [0.3, 0.4) is 0 Å². The topological polar surface area (TPSA) is 16.4 Å². The van der Waals surface area contributed by atoms with Crippen LogP contribution in [0.2, 0.25) is 0 Å². The minimum absolute atomic E-state index is 0.860. The Morgan fingerprint density at radius 2 is 0.685 bits per heavy atom. The predicted octanol–water partition coefficient (Wildman–Crippen LogP) is 14.9. The highest BCUT2D eigenvalue weighted by Gasteiger charge is 2.19. The monoisotopic (exact) mass is 689 g/mol. The van der Waals surface area contributed by atoms with Gasteiger partial charge in [0.05, 0.1) is 0 Å². The molecule has 0 aliphatic carbocycles. The molecule has 1 heterocycles. The van der Waals surface area contributed by atoms with Crippen LogP contribution in [0.1, 0.15) is 0 Å². The summed E-state index contributed by atoms with van der Waals surface area (Å²) in [5.74, 6) is 0. The first-order valence-electron chi connectivity index (χ1n) is 18.4. The SMILES string of the molecule is c1ccc(-c2ccc(-c3ccc(N(c4ccc(-c5ccccc5)cc4)c4ccc5c(c4)oc4cc(-c6ccccc6)c6ccccc6c45)cc3)cc2)cc1. The molecule has 0 fully saturated rings. The summed E-state index contributed by atoms with van der Waals surface area (Å²) in [5, 5.41) is 4.67.